The zero-order chi connectivity index (χ0) is 19.1. The number of hydrogen-bond acceptors (Lipinski definition) is 5. The van der Waals surface area contributed by atoms with E-state index in [1.54, 1.807) is 11.3 Å². The van der Waals surface area contributed by atoms with Gasteiger partial charge in [-0.25, -0.2) is 0 Å². The van der Waals surface area contributed by atoms with Crippen molar-refractivity contribution < 1.29 is 4.79 Å². The van der Waals surface area contributed by atoms with Gasteiger partial charge in [-0.3, -0.25) is 14.4 Å². The number of aromatic nitrogens is 3. The number of thiophene rings is 1. The van der Waals surface area contributed by atoms with E-state index in [1.807, 2.05) is 31.2 Å². The van der Waals surface area contributed by atoms with Crippen LogP contribution in [0.1, 0.15) is 39.3 Å². The van der Waals surface area contributed by atoms with E-state index in [9.17, 15) is 4.79 Å². The van der Waals surface area contributed by atoms with E-state index in [0.29, 0.717) is 18.0 Å². The molecule has 3 aromatic rings. The summed E-state index contributed by atoms with van der Waals surface area (Å²) in [7, 11) is 0. The maximum atomic E-state index is 10.9. The predicted octanol–water partition coefficient (Wildman–Crippen LogP) is 3.55. The molecule has 0 spiro atoms. The fraction of sp³-hybridized carbons (Fsp3) is 0.263. The van der Waals surface area contributed by atoms with Crippen molar-refractivity contribution in [2.45, 2.75) is 26.8 Å². The number of fused-ring (bicyclic) bond motifs is 3. The van der Waals surface area contributed by atoms with Gasteiger partial charge in [0.2, 0.25) is 6.41 Å². The number of carbonyl (C=O) groups excluding carboxylic acids is 1. The van der Waals surface area contributed by atoms with Crippen molar-refractivity contribution in [3.63, 3.8) is 0 Å². The van der Waals surface area contributed by atoms with Gasteiger partial charge in [-0.05, 0) is 38.5 Å². The lowest BCUT2D eigenvalue weighted by molar-refractivity contribution is -0.109. The third-order valence-corrected chi connectivity index (χ3v) is 6.20. The number of halogens is 1. The van der Waals surface area contributed by atoms with Gasteiger partial charge in [-0.2, -0.15) is 0 Å². The molecule has 0 saturated carbocycles. The van der Waals surface area contributed by atoms with Crippen LogP contribution in [0, 0.1) is 20.8 Å². The van der Waals surface area contributed by atoms with Gasteiger partial charge < -0.3 is 5.32 Å². The van der Waals surface area contributed by atoms with Crippen LogP contribution in [0.2, 0.25) is 5.02 Å². The lowest BCUT2D eigenvalue weighted by Gasteiger charge is -2.12. The summed E-state index contributed by atoms with van der Waals surface area (Å²) in [5, 5.41) is 13.1. The van der Waals surface area contributed by atoms with Crippen molar-refractivity contribution in [1.82, 2.24) is 20.1 Å². The molecule has 4 rings (SSSR count). The predicted molar refractivity (Wildman–Crippen MR) is 107 cm³/mol. The summed E-state index contributed by atoms with van der Waals surface area (Å²) in [4.78, 5) is 17.1. The number of aliphatic imine (C=N–C) groups is 1. The second kappa shape index (κ2) is 6.90. The van der Waals surface area contributed by atoms with Crippen molar-refractivity contribution in [2.24, 2.45) is 4.99 Å². The molecule has 1 aliphatic rings. The van der Waals surface area contributed by atoms with Gasteiger partial charge in [0.05, 0.1) is 5.71 Å². The highest BCUT2D eigenvalue weighted by atomic mass is 35.5. The molecule has 1 atom stereocenters. The van der Waals surface area contributed by atoms with E-state index >= 15 is 0 Å². The van der Waals surface area contributed by atoms with Crippen LogP contribution in [0.5, 0.6) is 0 Å². The summed E-state index contributed by atoms with van der Waals surface area (Å²) >= 11 is 7.79. The van der Waals surface area contributed by atoms with Crippen LogP contribution in [-0.4, -0.2) is 33.4 Å². The molecular formula is C19H18ClN5OS. The number of hydrogen-bond donors (Lipinski definition) is 1. The van der Waals surface area contributed by atoms with Crippen LogP contribution in [0.3, 0.4) is 0 Å². The van der Waals surface area contributed by atoms with Crippen LogP contribution in [0.4, 0.5) is 0 Å². The van der Waals surface area contributed by atoms with Crippen LogP contribution < -0.4 is 5.32 Å². The Morgan fingerprint density at radius 1 is 1.22 bits per heavy atom. The van der Waals surface area contributed by atoms with E-state index in [0.717, 1.165) is 33.5 Å². The van der Waals surface area contributed by atoms with Crippen LogP contribution in [0.15, 0.2) is 29.3 Å². The first-order chi connectivity index (χ1) is 13.0. The molecule has 0 fully saturated rings. The van der Waals surface area contributed by atoms with Crippen molar-refractivity contribution in [3.05, 3.63) is 62.5 Å². The smallest absolute Gasteiger partial charge is 0.207 e. The molecule has 1 amide bonds. The SMILES string of the molecule is Cc1sc2c(c1C)C(c1ccc(Cl)cc1)=NC(CNC=O)c1nnc(C)n1-2. The minimum absolute atomic E-state index is 0.332. The summed E-state index contributed by atoms with van der Waals surface area (Å²) in [6, 6.07) is 7.34. The van der Waals surface area contributed by atoms with Crippen molar-refractivity contribution in [1.29, 1.82) is 0 Å². The van der Waals surface area contributed by atoms with Crippen LogP contribution in [-0.2, 0) is 4.79 Å². The van der Waals surface area contributed by atoms with E-state index in [1.165, 1.54) is 10.4 Å². The lowest BCUT2D eigenvalue weighted by atomic mass is 10.00. The number of benzene rings is 1. The highest BCUT2D eigenvalue weighted by Crippen LogP contribution is 2.38. The van der Waals surface area contributed by atoms with E-state index in [-0.39, 0.29) is 6.04 Å². The van der Waals surface area contributed by atoms with Gasteiger partial charge >= 0.3 is 0 Å². The number of amides is 1. The van der Waals surface area contributed by atoms with Crippen molar-refractivity contribution in [2.75, 3.05) is 6.54 Å². The van der Waals surface area contributed by atoms with E-state index in [4.69, 9.17) is 16.6 Å². The number of nitrogens with one attached hydrogen (secondary N) is 1. The molecule has 1 unspecified atom stereocenters. The Labute approximate surface area is 165 Å². The summed E-state index contributed by atoms with van der Waals surface area (Å²) in [5.74, 6) is 1.53. The van der Waals surface area contributed by atoms with Gasteiger partial charge in [-0.15, -0.1) is 21.5 Å². The molecule has 1 aliphatic heterocycles. The largest absolute Gasteiger partial charge is 0.356 e. The Bertz CT molecular complexity index is 1050. The molecule has 27 heavy (non-hydrogen) atoms. The number of rotatable bonds is 4. The maximum Gasteiger partial charge on any atom is 0.207 e. The highest BCUT2D eigenvalue weighted by molar-refractivity contribution is 7.15. The monoisotopic (exact) mass is 399 g/mol. The molecule has 0 bridgehead atoms. The lowest BCUT2D eigenvalue weighted by Crippen LogP contribution is -2.21. The quantitative estimate of drug-likeness (QED) is 0.682. The Morgan fingerprint density at radius 3 is 2.67 bits per heavy atom. The van der Waals surface area contributed by atoms with E-state index in [2.05, 4.69) is 33.9 Å². The molecule has 3 heterocycles. The summed E-state index contributed by atoms with van der Waals surface area (Å²) < 4.78 is 2.06. The summed E-state index contributed by atoms with van der Waals surface area (Å²) in [5.41, 5.74) is 4.13. The Kier molecular flexibility index (Phi) is 4.57. The summed E-state index contributed by atoms with van der Waals surface area (Å²) in [6.45, 7) is 6.51. The average Bonchev–Trinajstić information content (AvgIpc) is 3.12. The first-order valence-corrected chi connectivity index (χ1v) is 9.74. The molecule has 1 aromatic carbocycles. The van der Waals surface area contributed by atoms with Crippen molar-refractivity contribution in [3.8, 4) is 5.00 Å². The maximum absolute atomic E-state index is 10.9. The molecule has 6 nitrogen and oxygen atoms in total. The third kappa shape index (κ3) is 2.96. The Morgan fingerprint density at radius 2 is 1.96 bits per heavy atom. The number of aryl methyl sites for hydroxylation is 2. The fourth-order valence-corrected chi connectivity index (χ4v) is 4.63. The molecule has 0 saturated heterocycles. The van der Waals surface area contributed by atoms with Gasteiger partial charge in [0.1, 0.15) is 16.9 Å². The number of nitrogens with zero attached hydrogens (tertiary/aromatic N) is 4. The zero-order valence-electron chi connectivity index (χ0n) is 15.2. The second-order valence-corrected chi connectivity index (χ2v) is 8.07. The zero-order valence-corrected chi connectivity index (χ0v) is 16.7. The van der Waals surface area contributed by atoms with Gasteiger partial charge in [0.15, 0.2) is 5.82 Å². The van der Waals surface area contributed by atoms with E-state index < -0.39 is 0 Å². The first kappa shape index (κ1) is 17.9. The molecular weight excluding hydrogens is 382 g/mol. The average molecular weight is 400 g/mol. The fourth-order valence-electron chi connectivity index (χ4n) is 3.29. The number of carbonyl (C=O) groups is 1. The summed E-state index contributed by atoms with van der Waals surface area (Å²) in [6.07, 6.45) is 0.682. The second-order valence-electron chi connectivity index (χ2n) is 6.43. The van der Waals surface area contributed by atoms with Crippen LogP contribution in [0.25, 0.3) is 5.00 Å². The Balaban J connectivity index is 2.00. The topological polar surface area (TPSA) is 72.2 Å². The first-order valence-electron chi connectivity index (χ1n) is 8.54. The van der Waals surface area contributed by atoms with Gasteiger partial charge in [0.25, 0.3) is 0 Å². The Hall–Kier alpha value is -2.51. The van der Waals surface area contributed by atoms with Gasteiger partial charge in [-0.1, -0.05) is 23.7 Å². The normalized spacial score (nSPS) is 15.6. The minimum atomic E-state index is -0.332. The molecule has 2 aromatic heterocycles. The molecule has 138 valence electrons. The molecule has 8 heteroatoms. The highest BCUT2D eigenvalue weighted by Gasteiger charge is 2.31. The molecule has 0 aliphatic carbocycles. The molecule has 1 N–H and O–H groups in total. The minimum Gasteiger partial charge on any atom is -0.356 e. The van der Waals surface area contributed by atoms with Gasteiger partial charge in [0, 0.05) is 27.6 Å². The standard InChI is InChI=1S/C19H18ClN5OS/c1-10-11(2)27-19-16(10)17(13-4-6-14(20)7-5-13)22-15(8-21-9-26)18-24-23-12(3)25(18)19/h4-7,9,15H,8H2,1-3H3,(H,21,26). The molecule has 0 radical (unpaired) electrons. The van der Waals surface area contributed by atoms with Crippen LogP contribution >= 0.6 is 22.9 Å². The van der Waals surface area contributed by atoms with Crippen molar-refractivity contribution >= 4 is 35.1 Å². The third-order valence-electron chi connectivity index (χ3n) is 4.75.